The Bertz CT molecular complexity index is 751. The molecule has 0 unspecified atom stereocenters. The molecule has 0 saturated heterocycles. The van der Waals surface area contributed by atoms with Gasteiger partial charge in [-0.15, -0.1) is 0 Å². The van der Waals surface area contributed by atoms with Crippen molar-refractivity contribution >= 4 is 22.8 Å². The van der Waals surface area contributed by atoms with Gasteiger partial charge in [-0.3, -0.25) is 14.2 Å². The van der Waals surface area contributed by atoms with Gasteiger partial charge in [0.05, 0.1) is 23.3 Å². The molecule has 0 radical (unpaired) electrons. The van der Waals surface area contributed by atoms with Gasteiger partial charge in [-0.2, -0.15) is 0 Å². The van der Waals surface area contributed by atoms with E-state index in [1.807, 2.05) is 0 Å². The molecule has 1 aromatic heterocycles. The predicted molar refractivity (Wildman–Crippen MR) is 78.2 cm³/mol. The molecule has 116 valence electrons. The minimum atomic E-state index is -0.708. The standard InChI is InChI=1S/C15H16N2O5/c1-10(2)22-14(19)8-21-13(18)7-17-9-16-12-6-4-3-5-11(12)15(17)20/h3-6,9-10H,7-8H2,1-2H3. The molecule has 1 aromatic carbocycles. The van der Waals surface area contributed by atoms with Crippen LogP contribution in [0.25, 0.3) is 10.9 Å². The molecule has 0 N–H and O–H groups in total. The first-order valence-corrected chi connectivity index (χ1v) is 6.76. The van der Waals surface area contributed by atoms with Crippen molar-refractivity contribution in [1.82, 2.24) is 9.55 Å². The molecule has 0 saturated carbocycles. The van der Waals surface area contributed by atoms with Crippen LogP contribution in [-0.2, 0) is 25.6 Å². The maximum Gasteiger partial charge on any atom is 0.344 e. The van der Waals surface area contributed by atoms with Crippen molar-refractivity contribution < 1.29 is 19.1 Å². The van der Waals surface area contributed by atoms with E-state index in [0.29, 0.717) is 10.9 Å². The Morgan fingerprint density at radius 2 is 1.95 bits per heavy atom. The van der Waals surface area contributed by atoms with Gasteiger partial charge in [0.1, 0.15) is 6.54 Å². The minimum absolute atomic E-state index is 0.279. The summed E-state index contributed by atoms with van der Waals surface area (Å²) in [6, 6.07) is 6.83. The number of carbonyl (C=O) groups excluding carboxylic acids is 2. The first-order valence-electron chi connectivity index (χ1n) is 6.76. The summed E-state index contributed by atoms with van der Waals surface area (Å²) in [5.74, 6) is -1.34. The smallest absolute Gasteiger partial charge is 0.344 e. The van der Waals surface area contributed by atoms with Crippen LogP contribution in [0, 0.1) is 0 Å². The summed E-state index contributed by atoms with van der Waals surface area (Å²) in [6.45, 7) is 2.60. The fourth-order valence-corrected chi connectivity index (χ4v) is 1.84. The van der Waals surface area contributed by atoms with Gasteiger partial charge in [0, 0.05) is 0 Å². The second-order valence-electron chi connectivity index (χ2n) is 4.89. The number of rotatable bonds is 5. The molecule has 0 spiro atoms. The van der Waals surface area contributed by atoms with Crippen LogP contribution < -0.4 is 5.56 Å². The maximum atomic E-state index is 12.2. The molecule has 7 heteroatoms. The summed E-state index contributed by atoms with van der Waals surface area (Å²) < 4.78 is 10.7. The summed E-state index contributed by atoms with van der Waals surface area (Å²) in [5.41, 5.74) is 0.213. The van der Waals surface area contributed by atoms with Crippen LogP contribution in [0.15, 0.2) is 35.4 Å². The summed E-state index contributed by atoms with van der Waals surface area (Å²) in [4.78, 5) is 39.2. The largest absolute Gasteiger partial charge is 0.460 e. The zero-order valence-electron chi connectivity index (χ0n) is 12.3. The van der Waals surface area contributed by atoms with Gasteiger partial charge in [0.2, 0.25) is 0 Å². The third-order valence-electron chi connectivity index (χ3n) is 2.75. The highest BCUT2D eigenvalue weighted by atomic mass is 16.6. The van der Waals surface area contributed by atoms with E-state index in [1.165, 1.54) is 6.33 Å². The van der Waals surface area contributed by atoms with Crippen molar-refractivity contribution in [3.8, 4) is 0 Å². The highest BCUT2D eigenvalue weighted by molar-refractivity contribution is 5.78. The molecule has 2 aromatic rings. The number of benzene rings is 1. The molecule has 0 fully saturated rings. The fourth-order valence-electron chi connectivity index (χ4n) is 1.84. The van der Waals surface area contributed by atoms with E-state index in [2.05, 4.69) is 4.98 Å². The second kappa shape index (κ2) is 6.84. The Kier molecular flexibility index (Phi) is 4.88. The molecule has 0 aliphatic heterocycles. The lowest BCUT2D eigenvalue weighted by atomic mass is 10.2. The van der Waals surface area contributed by atoms with E-state index in [9.17, 15) is 14.4 Å². The monoisotopic (exact) mass is 304 g/mol. The number of hydrogen-bond acceptors (Lipinski definition) is 6. The third-order valence-corrected chi connectivity index (χ3v) is 2.75. The summed E-state index contributed by atoms with van der Waals surface area (Å²) in [6.07, 6.45) is 0.997. The fraction of sp³-hybridized carbons (Fsp3) is 0.333. The first-order chi connectivity index (χ1) is 10.5. The first kappa shape index (κ1) is 15.7. The van der Waals surface area contributed by atoms with Gasteiger partial charge < -0.3 is 9.47 Å². The second-order valence-corrected chi connectivity index (χ2v) is 4.89. The van der Waals surface area contributed by atoms with Crippen molar-refractivity contribution in [3.63, 3.8) is 0 Å². The average molecular weight is 304 g/mol. The number of ether oxygens (including phenoxy) is 2. The molecule has 2 rings (SSSR count). The molecule has 0 aliphatic carbocycles. The topological polar surface area (TPSA) is 87.5 Å². The molecular weight excluding hydrogens is 288 g/mol. The molecule has 22 heavy (non-hydrogen) atoms. The van der Waals surface area contributed by atoms with Gasteiger partial charge >= 0.3 is 11.9 Å². The van der Waals surface area contributed by atoms with E-state index in [-0.39, 0.29) is 18.2 Å². The van der Waals surface area contributed by atoms with Gasteiger partial charge in [-0.05, 0) is 26.0 Å². The maximum absolute atomic E-state index is 12.2. The van der Waals surface area contributed by atoms with E-state index in [0.717, 1.165) is 4.57 Å². The summed E-state index contributed by atoms with van der Waals surface area (Å²) in [5, 5.41) is 0.414. The molecule has 0 bridgehead atoms. The van der Waals surface area contributed by atoms with Crippen LogP contribution in [-0.4, -0.2) is 34.2 Å². The van der Waals surface area contributed by atoms with Crippen LogP contribution in [0.1, 0.15) is 13.8 Å². The van der Waals surface area contributed by atoms with E-state index in [1.54, 1.807) is 38.1 Å². The number of carbonyl (C=O) groups is 2. The van der Waals surface area contributed by atoms with Gasteiger partial charge in [0.25, 0.3) is 5.56 Å². The van der Waals surface area contributed by atoms with E-state index >= 15 is 0 Å². The molecule has 0 atom stereocenters. The number of para-hydroxylation sites is 1. The average Bonchev–Trinajstić information content (AvgIpc) is 2.48. The predicted octanol–water partition coefficient (Wildman–Crippen LogP) is 0.891. The number of aromatic nitrogens is 2. The SMILES string of the molecule is CC(C)OC(=O)COC(=O)Cn1cnc2ccccc2c1=O. The van der Waals surface area contributed by atoms with Crippen molar-refractivity contribution in [2.24, 2.45) is 0 Å². The number of hydrogen-bond donors (Lipinski definition) is 0. The molecule has 1 heterocycles. The highest BCUT2D eigenvalue weighted by Gasteiger charge is 2.12. The zero-order chi connectivity index (χ0) is 16.1. The van der Waals surface area contributed by atoms with Crippen molar-refractivity contribution in [2.75, 3.05) is 6.61 Å². The lowest BCUT2D eigenvalue weighted by Gasteiger charge is -2.09. The molecule has 0 aliphatic rings. The van der Waals surface area contributed by atoms with Crippen LogP contribution in [0.3, 0.4) is 0 Å². The van der Waals surface area contributed by atoms with Crippen LogP contribution in [0.4, 0.5) is 0 Å². The Balaban J connectivity index is 2.02. The Morgan fingerprint density at radius 1 is 1.23 bits per heavy atom. The number of nitrogens with zero attached hydrogens (tertiary/aromatic N) is 2. The lowest BCUT2D eigenvalue weighted by Crippen LogP contribution is -2.27. The third kappa shape index (κ3) is 3.91. The van der Waals surface area contributed by atoms with Crippen molar-refractivity contribution in [2.45, 2.75) is 26.5 Å². The van der Waals surface area contributed by atoms with E-state index in [4.69, 9.17) is 9.47 Å². The summed E-state index contributed by atoms with van der Waals surface area (Å²) >= 11 is 0. The normalized spacial score (nSPS) is 10.7. The Morgan fingerprint density at radius 3 is 2.68 bits per heavy atom. The minimum Gasteiger partial charge on any atom is -0.460 e. The molecule has 7 nitrogen and oxygen atoms in total. The van der Waals surface area contributed by atoms with E-state index < -0.39 is 18.5 Å². The number of fused-ring (bicyclic) bond motifs is 1. The molecule has 0 amide bonds. The highest BCUT2D eigenvalue weighted by Crippen LogP contribution is 2.04. The van der Waals surface area contributed by atoms with Crippen LogP contribution in [0.5, 0.6) is 0 Å². The quantitative estimate of drug-likeness (QED) is 0.762. The Labute approximate surface area is 126 Å². The number of esters is 2. The lowest BCUT2D eigenvalue weighted by molar-refractivity contribution is -0.161. The van der Waals surface area contributed by atoms with Crippen molar-refractivity contribution in [3.05, 3.63) is 40.9 Å². The van der Waals surface area contributed by atoms with Crippen LogP contribution >= 0.6 is 0 Å². The summed E-state index contributed by atoms with van der Waals surface area (Å²) in [7, 11) is 0. The van der Waals surface area contributed by atoms with Crippen LogP contribution in [0.2, 0.25) is 0 Å². The molecular formula is C15H16N2O5. The van der Waals surface area contributed by atoms with Crippen molar-refractivity contribution in [1.29, 1.82) is 0 Å². The zero-order valence-corrected chi connectivity index (χ0v) is 12.3. The van der Waals surface area contributed by atoms with Gasteiger partial charge in [0.15, 0.2) is 6.61 Å². The van der Waals surface area contributed by atoms with Gasteiger partial charge in [-0.1, -0.05) is 12.1 Å². The van der Waals surface area contributed by atoms with Gasteiger partial charge in [-0.25, -0.2) is 9.78 Å². The Hall–Kier alpha value is -2.70.